The van der Waals surface area contributed by atoms with Gasteiger partial charge in [-0.1, -0.05) is 6.07 Å². The number of nitrogens with zero attached hydrogens (tertiary/aromatic N) is 1. The zero-order valence-electron chi connectivity index (χ0n) is 14.3. The number of rotatable bonds is 8. The minimum Gasteiger partial charge on any atom is -0.383 e. The van der Waals surface area contributed by atoms with E-state index in [9.17, 15) is 4.79 Å². The van der Waals surface area contributed by atoms with Crippen LogP contribution in [-0.4, -0.2) is 37.2 Å². The number of nitrogens with two attached hydrogens (primary N) is 1. The van der Waals surface area contributed by atoms with Gasteiger partial charge >= 0.3 is 0 Å². The number of anilines is 2. The van der Waals surface area contributed by atoms with Crippen LogP contribution in [0, 0.1) is 20.8 Å². The van der Waals surface area contributed by atoms with Crippen molar-refractivity contribution in [2.24, 2.45) is 5.73 Å². The number of hydrogen-bond donors (Lipinski definition) is 3. The Labute approximate surface area is 146 Å². The molecule has 24 heavy (non-hydrogen) atoms. The summed E-state index contributed by atoms with van der Waals surface area (Å²) in [6.07, 6.45) is 0. The van der Waals surface area contributed by atoms with E-state index in [1.807, 2.05) is 39.0 Å². The molecule has 1 aromatic carbocycles. The van der Waals surface area contributed by atoms with Gasteiger partial charge in [-0.2, -0.15) is 0 Å². The third-order valence-electron chi connectivity index (χ3n) is 3.57. The average molecular weight is 348 g/mol. The quantitative estimate of drug-likeness (QED) is 0.638. The molecule has 2 rings (SSSR count). The van der Waals surface area contributed by atoms with E-state index in [4.69, 9.17) is 10.5 Å². The first kappa shape index (κ1) is 18.4. The highest BCUT2D eigenvalue weighted by atomic mass is 32.1. The second-order valence-electron chi connectivity index (χ2n) is 5.47. The van der Waals surface area contributed by atoms with Crippen LogP contribution in [0.5, 0.6) is 0 Å². The fourth-order valence-electron chi connectivity index (χ4n) is 2.12. The fourth-order valence-corrected chi connectivity index (χ4v) is 2.93. The molecule has 0 aliphatic carbocycles. The van der Waals surface area contributed by atoms with Gasteiger partial charge in [-0.15, -0.1) is 11.3 Å². The Kier molecular flexibility index (Phi) is 6.72. The molecule has 0 aliphatic heterocycles. The minimum atomic E-state index is -0.149. The summed E-state index contributed by atoms with van der Waals surface area (Å²) in [5, 5.41) is 6.75. The molecule has 6 nitrogen and oxygen atoms in total. The van der Waals surface area contributed by atoms with Gasteiger partial charge in [-0.25, -0.2) is 4.98 Å². The first-order valence-corrected chi connectivity index (χ1v) is 8.70. The summed E-state index contributed by atoms with van der Waals surface area (Å²) in [7, 11) is 0. The third-order valence-corrected chi connectivity index (χ3v) is 4.56. The Bertz CT molecular complexity index is 680. The number of thiazole rings is 1. The zero-order valence-corrected chi connectivity index (χ0v) is 15.1. The molecule has 0 fully saturated rings. The first-order valence-electron chi connectivity index (χ1n) is 7.89. The second-order valence-corrected chi connectivity index (χ2v) is 6.68. The largest absolute Gasteiger partial charge is 0.383 e. The van der Waals surface area contributed by atoms with Gasteiger partial charge in [-0.05, 0) is 38.5 Å². The Balaban J connectivity index is 2.00. The lowest BCUT2D eigenvalue weighted by atomic mass is 10.1. The zero-order chi connectivity index (χ0) is 17.5. The van der Waals surface area contributed by atoms with Crippen LogP contribution in [-0.2, 0) is 4.74 Å². The van der Waals surface area contributed by atoms with Crippen LogP contribution in [0.3, 0.4) is 0 Å². The highest BCUT2D eigenvalue weighted by Crippen LogP contribution is 2.23. The smallest absolute Gasteiger partial charge is 0.257 e. The normalized spacial score (nSPS) is 10.7. The number of carbonyl (C=O) groups excluding carboxylic acids is 1. The molecule has 0 saturated carbocycles. The molecule has 0 aliphatic rings. The van der Waals surface area contributed by atoms with Crippen molar-refractivity contribution >= 4 is 28.1 Å². The lowest BCUT2D eigenvalue weighted by Crippen LogP contribution is -2.16. The highest BCUT2D eigenvalue weighted by molar-refractivity contribution is 7.15. The van der Waals surface area contributed by atoms with Gasteiger partial charge in [0.05, 0.1) is 18.9 Å². The van der Waals surface area contributed by atoms with Crippen LogP contribution in [0.1, 0.15) is 26.5 Å². The van der Waals surface area contributed by atoms with E-state index >= 15 is 0 Å². The van der Waals surface area contributed by atoms with Crippen molar-refractivity contribution in [2.75, 3.05) is 36.9 Å². The number of benzene rings is 1. The number of aromatic nitrogens is 1. The Hall–Kier alpha value is -1.96. The highest BCUT2D eigenvalue weighted by Gasteiger charge is 2.13. The predicted molar refractivity (Wildman–Crippen MR) is 99.1 cm³/mol. The Morgan fingerprint density at radius 3 is 2.75 bits per heavy atom. The van der Waals surface area contributed by atoms with Crippen molar-refractivity contribution < 1.29 is 9.53 Å². The van der Waals surface area contributed by atoms with Gasteiger partial charge in [0.15, 0.2) is 5.13 Å². The summed E-state index contributed by atoms with van der Waals surface area (Å²) < 4.78 is 5.32. The van der Waals surface area contributed by atoms with E-state index in [0.717, 1.165) is 21.8 Å². The molecule has 0 spiro atoms. The summed E-state index contributed by atoms with van der Waals surface area (Å²) in [6.45, 7) is 8.15. The Morgan fingerprint density at radius 2 is 2.08 bits per heavy atom. The molecule has 130 valence electrons. The molecule has 1 amide bonds. The van der Waals surface area contributed by atoms with E-state index in [2.05, 4.69) is 15.6 Å². The van der Waals surface area contributed by atoms with Crippen LogP contribution < -0.4 is 16.4 Å². The molecule has 0 unspecified atom stereocenters. The van der Waals surface area contributed by atoms with Gasteiger partial charge in [-0.3, -0.25) is 10.1 Å². The van der Waals surface area contributed by atoms with E-state index in [-0.39, 0.29) is 5.91 Å². The summed E-state index contributed by atoms with van der Waals surface area (Å²) in [5.41, 5.74) is 8.75. The lowest BCUT2D eigenvalue weighted by molar-refractivity contribution is 0.102. The average Bonchev–Trinajstić information content (AvgIpc) is 2.86. The van der Waals surface area contributed by atoms with Gasteiger partial charge in [0.1, 0.15) is 0 Å². The van der Waals surface area contributed by atoms with Gasteiger partial charge in [0.25, 0.3) is 5.91 Å². The molecule has 0 saturated heterocycles. The van der Waals surface area contributed by atoms with Crippen molar-refractivity contribution in [2.45, 2.75) is 20.8 Å². The van der Waals surface area contributed by atoms with Crippen molar-refractivity contribution in [1.29, 1.82) is 0 Å². The molecular weight excluding hydrogens is 324 g/mol. The molecular formula is C17H24N4O2S. The van der Waals surface area contributed by atoms with Crippen molar-refractivity contribution in [1.82, 2.24) is 4.98 Å². The standard InChI is InChI=1S/C17H24N4O2S/c1-11-4-5-14(19-7-9-23-8-6-18)10-15(11)16(22)21-17-20-12(2)13(3)24-17/h4-5,10,19H,6-9,18H2,1-3H3,(H,20,21,22). The minimum absolute atomic E-state index is 0.149. The maximum absolute atomic E-state index is 12.5. The maximum Gasteiger partial charge on any atom is 0.257 e. The third kappa shape index (κ3) is 5.02. The molecule has 1 aromatic heterocycles. The monoisotopic (exact) mass is 348 g/mol. The van der Waals surface area contributed by atoms with Gasteiger partial charge in [0.2, 0.25) is 0 Å². The lowest BCUT2D eigenvalue weighted by Gasteiger charge is -2.11. The first-order chi connectivity index (χ1) is 11.5. The van der Waals surface area contributed by atoms with Crippen LogP contribution in [0.15, 0.2) is 18.2 Å². The number of amides is 1. The van der Waals surface area contributed by atoms with Crippen LogP contribution in [0.25, 0.3) is 0 Å². The van der Waals surface area contributed by atoms with Gasteiger partial charge in [0, 0.05) is 29.2 Å². The molecule has 4 N–H and O–H groups in total. The maximum atomic E-state index is 12.5. The SMILES string of the molecule is Cc1ccc(NCCOCCN)cc1C(=O)Nc1nc(C)c(C)s1. The van der Waals surface area contributed by atoms with E-state index < -0.39 is 0 Å². The Morgan fingerprint density at radius 1 is 1.29 bits per heavy atom. The van der Waals surface area contributed by atoms with E-state index in [0.29, 0.717) is 37.0 Å². The molecule has 0 bridgehead atoms. The number of carbonyl (C=O) groups is 1. The van der Waals surface area contributed by atoms with Crippen molar-refractivity contribution in [3.8, 4) is 0 Å². The summed E-state index contributed by atoms with van der Waals surface area (Å²) in [5.74, 6) is -0.149. The summed E-state index contributed by atoms with van der Waals surface area (Å²) >= 11 is 1.48. The van der Waals surface area contributed by atoms with Crippen LogP contribution >= 0.6 is 11.3 Å². The van der Waals surface area contributed by atoms with Crippen LogP contribution in [0.2, 0.25) is 0 Å². The molecule has 2 aromatic rings. The molecule has 0 radical (unpaired) electrons. The fraction of sp³-hybridized carbons (Fsp3) is 0.412. The molecule has 7 heteroatoms. The molecule has 0 atom stereocenters. The summed E-state index contributed by atoms with van der Waals surface area (Å²) in [6, 6.07) is 5.73. The van der Waals surface area contributed by atoms with E-state index in [1.165, 1.54) is 11.3 Å². The number of nitrogens with one attached hydrogen (secondary N) is 2. The van der Waals surface area contributed by atoms with Gasteiger partial charge < -0.3 is 15.8 Å². The van der Waals surface area contributed by atoms with Crippen LogP contribution in [0.4, 0.5) is 10.8 Å². The molecule has 1 heterocycles. The number of hydrogen-bond acceptors (Lipinski definition) is 6. The predicted octanol–water partition coefficient (Wildman–Crippen LogP) is 2.71. The van der Waals surface area contributed by atoms with E-state index in [1.54, 1.807) is 0 Å². The number of ether oxygens (including phenoxy) is 1. The second kappa shape index (κ2) is 8.77. The topological polar surface area (TPSA) is 89.3 Å². The number of aryl methyl sites for hydroxylation is 3. The van der Waals surface area contributed by atoms with Crippen molar-refractivity contribution in [3.05, 3.63) is 39.9 Å². The summed E-state index contributed by atoms with van der Waals surface area (Å²) in [4.78, 5) is 18.0. The van der Waals surface area contributed by atoms with Crippen molar-refractivity contribution in [3.63, 3.8) is 0 Å².